The number of hydrogen-bond donors (Lipinski definition) is 3. The fourth-order valence-electron chi connectivity index (χ4n) is 1.78. The zero-order valence-corrected chi connectivity index (χ0v) is 11.9. The molecule has 0 radical (unpaired) electrons. The molecule has 1 heterocycles. The van der Waals surface area contributed by atoms with Crippen LogP contribution >= 0.6 is 15.9 Å². The van der Waals surface area contributed by atoms with Crippen molar-refractivity contribution in [2.75, 3.05) is 0 Å². The first-order valence-electron chi connectivity index (χ1n) is 5.76. The van der Waals surface area contributed by atoms with Crippen molar-refractivity contribution >= 4 is 21.9 Å². The maximum atomic E-state index is 10.7. The summed E-state index contributed by atoms with van der Waals surface area (Å²) in [7, 11) is 0. The summed E-state index contributed by atoms with van der Waals surface area (Å²) >= 11 is 3.43. The molecule has 100 valence electrons. The van der Waals surface area contributed by atoms with Gasteiger partial charge in [0.05, 0.1) is 11.9 Å². The first-order chi connectivity index (χ1) is 8.97. The van der Waals surface area contributed by atoms with E-state index in [1.807, 2.05) is 25.1 Å². The molecule has 1 unspecified atom stereocenters. The molecule has 0 aliphatic heterocycles. The van der Waals surface area contributed by atoms with Crippen molar-refractivity contribution in [1.29, 1.82) is 0 Å². The summed E-state index contributed by atoms with van der Waals surface area (Å²) in [5, 5.41) is 8.77. The Labute approximate surface area is 119 Å². The highest BCUT2D eigenvalue weighted by Crippen LogP contribution is 2.25. The number of aliphatic carboxylic acids is 1. The highest BCUT2D eigenvalue weighted by atomic mass is 79.9. The number of nitrogens with two attached hydrogens (primary N) is 1. The quantitative estimate of drug-likeness (QED) is 0.803. The van der Waals surface area contributed by atoms with E-state index in [0.717, 1.165) is 21.3 Å². The van der Waals surface area contributed by atoms with Crippen molar-refractivity contribution < 1.29 is 9.90 Å². The second-order valence-electron chi connectivity index (χ2n) is 4.35. The Balaban J connectivity index is 2.26. The van der Waals surface area contributed by atoms with Gasteiger partial charge in [-0.2, -0.15) is 0 Å². The van der Waals surface area contributed by atoms with Crippen molar-refractivity contribution in [3.63, 3.8) is 0 Å². The molecule has 0 bridgehead atoms. The van der Waals surface area contributed by atoms with E-state index in [0.29, 0.717) is 5.82 Å². The van der Waals surface area contributed by atoms with E-state index >= 15 is 0 Å². The van der Waals surface area contributed by atoms with Gasteiger partial charge in [-0.15, -0.1) is 0 Å². The van der Waals surface area contributed by atoms with E-state index in [4.69, 9.17) is 10.8 Å². The Hall–Kier alpha value is -1.66. The molecule has 19 heavy (non-hydrogen) atoms. The molecule has 2 aromatic rings. The summed E-state index contributed by atoms with van der Waals surface area (Å²) in [4.78, 5) is 18.0. The zero-order valence-electron chi connectivity index (χ0n) is 10.4. The van der Waals surface area contributed by atoms with Gasteiger partial charge in [-0.05, 0) is 24.6 Å². The largest absolute Gasteiger partial charge is 0.480 e. The topological polar surface area (TPSA) is 92.0 Å². The summed E-state index contributed by atoms with van der Waals surface area (Å²) in [6.45, 7) is 2.01. The summed E-state index contributed by atoms with van der Waals surface area (Å²) in [6, 6.07) is 5.02. The van der Waals surface area contributed by atoms with E-state index in [1.54, 1.807) is 6.20 Å². The zero-order chi connectivity index (χ0) is 14.0. The van der Waals surface area contributed by atoms with Crippen molar-refractivity contribution in [3.05, 3.63) is 40.3 Å². The van der Waals surface area contributed by atoms with Gasteiger partial charge in [-0.25, -0.2) is 4.98 Å². The van der Waals surface area contributed by atoms with Crippen LogP contribution in [0, 0.1) is 6.92 Å². The number of H-pyrrole nitrogens is 1. The number of hydrogen-bond acceptors (Lipinski definition) is 3. The molecule has 0 saturated heterocycles. The van der Waals surface area contributed by atoms with Gasteiger partial charge in [0.15, 0.2) is 0 Å². The number of rotatable bonds is 4. The molecule has 1 aromatic carbocycles. The number of benzene rings is 1. The Morgan fingerprint density at radius 3 is 3.00 bits per heavy atom. The third-order valence-electron chi connectivity index (χ3n) is 2.85. The average Bonchev–Trinajstić information content (AvgIpc) is 2.80. The van der Waals surface area contributed by atoms with Crippen molar-refractivity contribution in [3.8, 4) is 11.3 Å². The first-order valence-corrected chi connectivity index (χ1v) is 6.55. The number of aromatic amines is 1. The standard InChI is InChI=1S/C13H14BrN3O2/c1-7-2-3-8(14)4-9(7)11-6-16-12(17-11)5-10(15)13(18)19/h2-4,6,10H,5,15H2,1H3,(H,16,17)(H,18,19). The van der Waals surface area contributed by atoms with Gasteiger partial charge >= 0.3 is 5.97 Å². The van der Waals surface area contributed by atoms with Crippen LogP contribution in [-0.2, 0) is 11.2 Å². The van der Waals surface area contributed by atoms with Gasteiger partial charge in [-0.1, -0.05) is 22.0 Å². The summed E-state index contributed by atoms with van der Waals surface area (Å²) in [5.41, 5.74) is 8.47. The molecule has 0 spiro atoms. The van der Waals surface area contributed by atoms with E-state index < -0.39 is 12.0 Å². The van der Waals surface area contributed by atoms with Crippen molar-refractivity contribution in [2.45, 2.75) is 19.4 Å². The summed E-state index contributed by atoms with van der Waals surface area (Å²) in [6.07, 6.45) is 1.88. The normalized spacial score (nSPS) is 12.4. The van der Waals surface area contributed by atoms with Crippen LogP contribution < -0.4 is 5.73 Å². The monoisotopic (exact) mass is 323 g/mol. The Kier molecular flexibility index (Phi) is 4.01. The van der Waals surface area contributed by atoms with Crippen LogP contribution in [0.2, 0.25) is 0 Å². The van der Waals surface area contributed by atoms with E-state index in [1.165, 1.54) is 0 Å². The Bertz CT molecular complexity index is 610. The molecular formula is C13H14BrN3O2. The van der Waals surface area contributed by atoms with Crippen LogP contribution in [0.15, 0.2) is 28.9 Å². The molecule has 4 N–H and O–H groups in total. The third kappa shape index (κ3) is 3.21. The summed E-state index contributed by atoms with van der Waals surface area (Å²) < 4.78 is 0.978. The number of carboxylic acid groups (broad SMARTS) is 1. The Morgan fingerprint density at radius 1 is 1.58 bits per heavy atom. The smallest absolute Gasteiger partial charge is 0.320 e. The minimum absolute atomic E-state index is 0.183. The Morgan fingerprint density at radius 2 is 2.32 bits per heavy atom. The minimum Gasteiger partial charge on any atom is -0.480 e. The van der Waals surface area contributed by atoms with Gasteiger partial charge in [0.2, 0.25) is 0 Å². The lowest BCUT2D eigenvalue weighted by Crippen LogP contribution is -2.32. The van der Waals surface area contributed by atoms with Gasteiger partial charge in [0, 0.05) is 16.5 Å². The van der Waals surface area contributed by atoms with Crippen LogP contribution in [0.1, 0.15) is 11.4 Å². The molecule has 0 aliphatic rings. The predicted octanol–water partition coefficient (Wildman–Crippen LogP) is 2.10. The number of carbonyl (C=O) groups is 1. The second-order valence-corrected chi connectivity index (χ2v) is 5.27. The SMILES string of the molecule is Cc1ccc(Br)cc1-c1cnc(CC(N)C(=O)O)[nH]1. The summed E-state index contributed by atoms with van der Waals surface area (Å²) in [5.74, 6) is -0.458. The molecule has 2 rings (SSSR count). The van der Waals surface area contributed by atoms with Crippen LogP contribution in [0.5, 0.6) is 0 Å². The van der Waals surface area contributed by atoms with Crippen molar-refractivity contribution in [1.82, 2.24) is 9.97 Å². The van der Waals surface area contributed by atoms with Crippen LogP contribution in [0.3, 0.4) is 0 Å². The molecule has 6 heteroatoms. The molecule has 1 atom stereocenters. The first kappa shape index (κ1) is 13.8. The lowest BCUT2D eigenvalue weighted by molar-refractivity contribution is -0.138. The maximum Gasteiger partial charge on any atom is 0.320 e. The van der Waals surface area contributed by atoms with Crippen LogP contribution in [0.25, 0.3) is 11.3 Å². The number of aromatic nitrogens is 2. The second kappa shape index (κ2) is 5.54. The van der Waals surface area contributed by atoms with Gasteiger partial charge < -0.3 is 15.8 Å². The van der Waals surface area contributed by atoms with Crippen LogP contribution in [0.4, 0.5) is 0 Å². The molecule has 0 saturated carbocycles. The third-order valence-corrected chi connectivity index (χ3v) is 3.34. The number of imidazole rings is 1. The predicted molar refractivity (Wildman–Crippen MR) is 75.8 cm³/mol. The van der Waals surface area contributed by atoms with E-state index in [-0.39, 0.29) is 6.42 Å². The molecule has 0 fully saturated rings. The average molecular weight is 324 g/mol. The number of aryl methyl sites for hydroxylation is 1. The molecule has 1 aromatic heterocycles. The highest BCUT2D eigenvalue weighted by molar-refractivity contribution is 9.10. The molecule has 5 nitrogen and oxygen atoms in total. The number of nitrogens with zero attached hydrogens (tertiary/aromatic N) is 1. The number of halogens is 1. The van der Waals surface area contributed by atoms with Crippen LogP contribution in [-0.4, -0.2) is 27.1 Å². The maximum absolute atomic E-state index is 10.7. The van der Waals surface area contributed by atoms with Gasteiger partial charge in [-0.3, -0.25) is 4.79 Å². The molecular weight excluding hydrogens is 310 g/mol. The van der Waals surface area contributed by atoms with E-state index in [2.05, 4.69) is 25.9 Å². The van der Waals surface area contributed by atoms with Gasteiger partial charge in [0.1, 0.15) is 11.9 Å². The number of carboxylic acids is 1. The lowest BCUT2D eigenvalue weighted by Gasteiger charge is -2.05. The fraction of sp³-hybridized carbons (Fsp3) is 0.231. The van der Waals surface area contributed by atoms with E-state index in [9.17, 15) is 4.79 Å². The number of nitrogens with one attached hydrogen (secondary N) is 1. The highest BCUT2D eigenvalue weighted by Gasteiger charge is 2.15. The molecule has 0 aliphatic carbocycles. The fourth-order valence-corrected chi connectivity index (χ4v) is 2.14. The molecule has 0 amide bonds. The lowest BCUT2D eigenvalue weighted by atomic mass is 10.1. The van der Waals surface area contributed by atoms with Crippen molar-refractivity contribution in [2.24, 2.45) is 5.73 Å². The van der Waals surface area contributed by atoms with Gasteiger partial charge in [0.25, 0.3) is 0 Å². The minimum atomic E-state index is -1.03.